The van der Waals surface area contributed by atoms with Crippen molar-refractivity contribution >= 4 is 11.9 Å². The van der Waals surface area contributed by atoms with Crippen LogP contribution in [0.2, 0.25) is 0 Å². The Balaban J connectivity index is 2.19. The molecule has 0 aliphatic rings. The summed E-state index contributed by atoms with van der Waals surface area (Å²) in [6.45, 7) is 4.42. The number of rotatable bonds is 5. The van der Waals surface area contributed by atoms with Gasteiger partial charge in [0.25, 0.3) is 0 Å². The fourth-order valence-corrected chi connectivity index (χ4v) is 2.14. The minimum Gasteiger partial charge on any atom is -0.256 e. The van der Waals surface area contributed by atoms with E-state index < -0.39 is 0 Å². The maximum absolute atomic E-state index is 4.53. The van der Waals surface area contributed by atoms with Gasteiger partial charge < -0.3 is 0 Å². The number of aliphatic imine (C=N–C) groups is 1. The summed E-state index contributed by atoms with van der Waals surface area (Å²) in [4.78, 5) is 4.53. The van der Waals surface area contributed by atoms with Crippen molar-refractivity contribution in [1.82, 2.24) is 0 Å². The first-order valence-electron chi connectivity index (χ1n) is 6.99. The second-order valence-corrected chi connectivity index (χ2v) is 4.83. The molecule has 0 aromatic heterocycles. The van der Waals surface area contributed by atoms with Gasteiger partial charge in [0, 0.05) is 6.21 Å². The second-order valence-electron chi connectivity index (χ2n) is 4.83. The van der Waals surface area contributed by atoms with E-state index in [1.165, 1.54) is 29.5 Å². The molecule has 0 spiro atoms. The lowest BCUT2D eigenvalue weighted by Crippen LogP contribution is -1.94. The van der Waals surface area contributed by atoms with Gasteiger partial charge in [-0.1, -0.05) is 49.7 Å². The highest BCUT2D eigenvalue weighted by Crippen LogP contribution is 2.16. The van der Waals surface area contributed by atoms with Gasteiger partial charge in [-0.05, 0) is 48.6 Å². The fraction of sp³-hybridized carbons (Fsp3) is 0.278. The molecule has 2 rings (SSSR count). The molecule has 98 valence electrons. The molecule has 0 aliphatic heterocycles. The molecule has 1 heteroatoms. The first kappa shape index (κ1) is 13.5. The number of para-hydroxylation sites is 1. The highest BCUT2D eigenvalue weighted by molar-refractivity contribution is 5.84. The first-order chi connectivity index (χ1) is 9.31. The summed E-state index contributed by atoms with van der Waals surface area (Å²) >= 11 is 0. The molecule has 1 nitrogen and oxygen atoms in total. The molecule has 2 aromatic carbocycles. The molecule has 0 aliphatic carbocycles. The van der Waals surface area contributed by atoms with Crippen molar-refractivity contribution in [2.45, 2.75) is 33.1 Å². The second kappa shape index (κ2) is 6.89. The van der Waals surface area contributed by atoms with E-state index in [1.54, 1.807) is 0 Å². The monoisotopic (exact) mass is 251 g/mol. The van der Waals surface area contributed by atoms with Gasteiger partial charge in [-0.15, -0.1) is 0 Å². The first-order valence-corrected chi connectivity index (χ1v) is 6.99. The molecule has 0 heterocycles. The van der Waals surface area contributed by atoms with Gasteiger partial charge >= 0.3 is 0 Å². The summed E-state index contributed by atoms with van der Waals surface area (Å²) in [7, 11) is 0. The van der Waals surface area contributed by atoms with Crippen molar-refractivity contribution in [3.05, 3.63) is 65.2 Å². The van der Waals surface area contributed by atoms with Crippen LogP contribution in [0, 0.1) is 6.92 Å². The third-order valence-corrected chi connectivity index (χ3v) is 3.40. The Morgan fingerprint density at radius 3 is 2.53 bits per heavy atom. The van der Waals surface area contributed by atoms with E-state index >= 15 is 0 Å². The number of unbranched alkanes of at least 4 members (excludes halogenated alkanes) is 1. The summed E-state index contributed by atoms with van der Waals surface area (Å²) < 4.78 is 0. The van der Waals surface area contributed by atoms with Gasteiger partial charge in [0.2, 0.25) is 0 Å². The highest BCUT2D eigenvalue weighted by Gasteiger charge is 2.01. The van der Waals surface area contributed by atoms with Crippen LogP contribution in [-0.4, -0.2) is 6.21 Å². The molecule has 0 atom stereocenters. The van der Waals surface area contributed by atoms with Gasteiger partial charge in [-0.2, -0.15) is 0 Å². The van der Waals surface area contributed by atoms with Crippen LogP contribution in [-0.2, 0) is 6.42 Å². The Hall–Kier alpha value is -1.89. The predicted octanol–water partition coefficient (Wildman–Crippen LogP) is 5.09. The Morgan fingerprint density at radius 2 is 1.79 bits per heavy atom. The van der Waals surface area contributed by atoms with Crippen molar-refractivity contribution in [3.8, 4) is 0 Å². The summed E-state index contributed by atoms with van der Waals surface area (Å²) in [5.74, 6) is 0. The minimum absolute atomic E-state index is 1.00. The van der Waals surface area contributed by atoms with Gasteiger partial charge in [-0.3, -0.25) is 4.99 Å². The van der Waals surface area contributed by atoms with Crippen molar-refractivity contribution in [1.29, 1.82) is 0 Å². The van der Waals surface area contributed by atoms with E-state index in [0.717, 1.165) is 12.1 Å². The average Bonchev–Trinajstić information content (AvgIpc) is 2.46. The van der Waals surface area contributed by atoms with Crippen LogP contribution in [0.15, 0.2) is 53.5 Å². The quantitative estimate of drug-likeness (QED) is 0.656. The lowest BCUT2D eigenvalue weighted by molar-refractivity contribution is 0.791. The zero-order chi connectivity index (χ0) is 13.5. The summed E-state index contributed by atoms with van der Waals surface area (Å²) in [6.07, 6.45) is 5.62. The molecule has 0 bridgehead atoms. The van der Waals surface area contributed by atoms with E-state index in [9.17, 15) is 0 Å². The van der Waals surface area contributed by atoms with E-state index in [1.807, 2.05) is 36.5 Å². The van der Waals surface area contributed by atoms with Gasteiger partial charge in [0.1, 0.15) is 0 Å². The normalized spacial score (nSPS) is 11.1. The lowest BCUT2D eigenvalue weighted by atomic mass is 9.99. The molecular formula is C18H21N. The zero-order valence-corrected chi connectivity index (χ0v) is 11.8. The molecule has 0 amide bonds. The lowest BCUT2D eigenvalue weighted by Gasteiger charge is -2.07. The van der Waals surface area contributed by atoms with E-state index in [2.05, 4.69) is 37.0 Å². The topological polar surface area (TPSA) is 12.4 Å². The Bertz CT molecular complexity index is 541. The standard InChI is InChI=1S/C18H21N/c1-3-4-9-16-10-8-11-17(15(16)2)14-19-18-12-6-5-7-13-18/h5-8,10-14H,3-4,9H2,1-2H3/b19-14+. The number of aryl methyl sites for hydroxylation is 1. The van der Waals surface area contributed by atoms with Crippen LogP contribution in [0.25, 0.3) is 0 Å². The van der Waals surface area contributed by atoms with Gasteiger partial charge in [0.15, 0.2) is 0 Å². The van der Waals surface area contributed by atoms with E-state index in [4.69, 9.17) is 0 Å². The molecule has 0 saturated carbocycles. The Labute approximate surface area is 116 Å². The maximum atomic E-state index is 4.53. The average molecular weight is 251 g/mol. The molecule has 0 fully saturated rings. The molecule has 0 N–H and O–H groups in total. The molecule has 0 radical (unpaired) electrons. The van der Waals surface area contributed by atoms with Crippen LogP contribution in [0.5, 0.6) is 0 Å². The SMILES string of the molecule is CCCCc1cccc(/C=N/c2ccccc2)c1C. The third kappa shape index (κ3) is 3.78. The van der Waals surface area contributed by atoms with Crippen LogP contribution in [0.1, 0.15) is 36.5 Å². The van der Waals surface area contributed by atoms with Crippen molar-refractivity contribution in [2.75, 3.05) is 0 Å². The molecule has 2 aromatic rings. The van der Waals surface area contributed by atoms with Gasteiger partial charge in [0.05, 0.1) is 5.69 Å². The smallest absolute Gasteiger partial charge is 0.0629 e. The van der Waals surface area contributed by atoms with Crippen molar-refractivity contribution < 1.29 is 0 Å². The molecule has 19 heavy (non-hydrogen) atoms. The van der Waals surface area contributed by atoms with Gasteiger partial charge in [-0.25, -0.2) is 0 Å². The van der Waals surface area contributed by atoms with Crippen LogP contribution in [0.3, 0.4) is 0 Å². The Kier molecular flexibility index (Phi) is 4.91. The fourth-order valence-electron chi connectivity index (χ4n) is 2.14. The molecule has 0 unspecified atom stereocenters. The predicted molar refractivity (Wildman–Crippen MR) is 83.5 cm³/mol. The van der Waals surface area contributed by atoms with E-state index in [0.29, 0.717) is 0 Å². The van der Waals surface area contributed by atoms with Crippen LogP contribution < -0.4 is 0 Å². The number of benzene rings is 2. The molecule has 0 saturated heterocycles. The summed E-state index contributed by atoms with van der Waals surface area (Å²) in [5, 5.41) is 0. The van der Waals surface area contributed by atoms with Crippen LogP contribution in [0.4, 0.5) is 5.69 Å². The molecular weight excluding hydrogens is 230 g/mol. The van der Waals surface area contributed by atoms with Crippen molar-refractivity contribution in [3.63, 3.8) is 0 Å². The number of hydrogen-bond acceptors (Lipinski definition) is 1. The van der Waals surface area contributed by atoms with Crippen LogP contribution >= 0.6 is 0 Å². The summed E-state index contributed by atoms with van der Waals surface area (Å²) in [6, 6.07) is 16.6. The highest BCUT2D eigenvalue weighted by atomic mass is 14.7. The summed E-state index contributed by atoms with van der Waals surface area (Å²) in [5.41, 5.74) is 5.02. The number of nitrogens with zero attached hydrogens (tertiary/aromatic N) is 1. The maximum Gasteiger partial charge on any atom is 0.0629 e. The third-order valence-electron chi connectivity index (χ3n) is 3.40. The number of hydrogen-bond donors (Lipinski definition) is 0. The Morgan fingerprint density at radius 1 is 1.00 bits per heavy atom. The largest absolute Gasteiger partial charge is 0.256 e. The van der Waals surface area contributed by atoms with Crippen molar-refractivity contribution in [2.24, 2.45) is 4.99 Å². The minimum atomic E-state index is 1.00. The zero-order valence-electron chi connectivity index (χ0n) is 11.8. The van der Waals surface area contributed by atoms with E-state index in [-0.39, 0.29) is 0 Å².